The lowest BCUT2D eigenvalue weighted by Gasteiger charge is -2.33. The molecule has 0 saturated heterocycles. The molecule has 1 fully saturated rings. The number of ether oxygens (including phenoxy) is 2. The smallest absolute Gasteiger partial charge is 0.264 e. The fourth-order valence-electron chi connectivity index (χ4n) is 5.03. The molecule has 1 atom stereocenters. The number of benzene rings is 3. The lowest BCUT2D eigenvalue weighted by Crippen LogP contribution is -2.52. The molecular weight excluding hydrogens is 578 g/mol. The van der Waals surface area contributed by atoms with Gasteiger partial charge in [0.15, 0.2) is 0 Å². The van der Waals surface area contributed by atoms with Crippen LogP contribution in [0, 0.1) is 0 Å². The third kappa shape index (κ3) is 7.35. The standard InChI is InChI=1S/C31H36ClN3O6S/c1-22(31(37)33-25-11-4-5-12-25)34(20-23-9-8-10-24(32)19-23)30(36)21-35(28-13-6-7-14-29(28)41-3)42(38,39)27-17-15-26(40-2)16-18-27/h6-10,13-19,22,25H,4-5,11-12,20-21H2,1-3H3,(H,33,37). The number of carbonyl (C=O) groups excluding carboxylic acids is 2. The van der Waals surface area contributed by atoms with E-state index in [1.54, 1.807) is 55.5 Å². The minimum atomic E-state index is -4.26. The predicted molar refractivity (Wildman–Crippen MR) is 162 cm³/mol. The van der Waals surface area contributed by atoms with Gasteiger partial charge in [-0.05, 0) is 73.9 Å². The monoisotopic (exact) mass is 613 g/mol. The van der Waals surface area contributed by atoms with Crippen molar-refractivity contribution in [1.29, 1.82) is 0 Å². The van der Waals surface area contributed by atoms with E-state index in [4.69, 9.17) is 21.1 Å². The highest BCUT2D eigenvalue weighted by Gasteiger charge is 2.34. The quantitative estimate of drug-likeness (QED) is 0.307. The summed E-state index contributed by atoms with van der Waals surface area (Å²) >= 11 is 6.22. The Morgan fingerprint density at radius 3 is 2.31 bits per heavy atom. The van der Waals surface area contributed by atoms with Crippen molar-refractivity contribution in [3.63, 3.8) is 0 Å². The van der Waals surface area contributed by atoms with Gasteiger partial charge in [-0.25, -0.2) is 8.42 Å². The van der Waals surface area contributed by atoms with Gasteiger partial charge in [0.2, 0.25) is 11.8 Å². The molecule has 1 aliphatic carbocycles. The van der Waals surface area contributed by atoms with Gasteiger partial charge in [-0.1, -0.05) is 48.7 Å². The lowest BCUT2D eigenvalue weighted by atomic mass is 10.1. The van der Waals surface area contributed by atoms with Gasteiger partial charge < -0.3 is 19.7 Å². The van der Waals surface area contributed by atoms with Crippen LogP contribution >= 0.6 is 11.6 Å². The van der Waals surface area contributed by atoms with Gasteiger partial charge in [-0.2, -0.15) is 0 Å². The van der Waals surface area contributed by atoms with E-state index in [0.29, 0.717) is 16.3 Å². The minimum absolute atomic E-state index is 0.0320. The fraction of sp³-hybridized carbons (Fsp3) is 0.355. The normalized spacial score (nSPS) is 14.2. The summed E-state index contributed by atoms with van der Waals surface area (Å²) in [5, 5.41) is 3.55. The molecular formula is C31H36ClN3O6S. The van der Waals surface area contributed by atoms with Gasteiger partial charge in [0.1, 0.15) is 24.1 Å². The topological polar surface area (TPSA) is 105 Å². The molecule has 3 aromatic carbocycles. The Hall–Kier alpha value is -3.76. The largest absolute Gasteiger partial charge is 0.497 e. The summed E-state index contributed by atoms with van der Waals surface area (Å²) in [7, 11) is -1.34. The molecule has 0 radical (unpaired) electrons. The summed E-state index contributed by atoms with van der Waals surface area (Å²) in [6, 6.07) is 18.7. The average molecular weight is 614 g/mol. The Morgan fingerprint density at radius 2 is 1.67 bits per heavy atom. The van der Waals surface area contributed by atoms with E-state index in [1.807, 2.05) is 0 Å². The minimum Gasteiger partial charge on any atom is -0.497 e. The van der Waals surface area contributed by atoms with Gasteiger partial charge in [0.25, 0.3) is 10.0 Å². The summed E-state index contributed by atoms with van der Waals surface area (Å²) in [6.07, 6.45) is 3.87. The molecule has 0 spiro atoms. The van der Waals surface area contributed by atoms with E-state index < -0.39 is 28.5 Å². The van der Waals surface area contributed by atoms with Crippen LogP contribution in [0.5, 0.6) is 11.5 Å². The van der Waals surface area contributed by atoms with Gasteiger partial charge >= 0.3 is 0 Å². The molecule has 0 aromatic heterocycles. The highest BCUT2D eigenvalue weighted by atomic mass is 35.5. The fourth-order valence-corrected chi connectivity index (χ4v) is 6.67. The Labute approximate surface area is 252 Å². The first-order chi connectivity index (χ1) is 20.1. The van der Waals surface area contributed by atoms with Gasteiger partial charge in [-0.15, -0.1) is 0 Å². The van der Waals surface area contributed by atoms with Crippen LogP contribution in [-0.4, -0.2) is 58.0 Å². The van der Waals surface area contributed by atoms with Crippen molar-refractivity contribution in [3.8, 4) is 11.5 Å². The molecule has 0 aliphatic heterocycles. The average Bonchev–Trinajstić information content (AvgIpc) is 3.51. The molecule has 0 heterocycles. The Morgan fingerprint density at radius 1 is 0.976 bits per heavy atom. The highest BCUT2D eigenvalue weighted by molar-refractivity contribution is 7.92. The molecule has 1 saturated carbocycles. The predicted octanol–water partition coefficient (Wildman–Crippen LogP) is 5.03. The zero-order valence-electron chi connectivity index (χ0n) is 24.0. The van der Waals surface area contributed by atoms with Gasteiger partial charge in [0.05, 0.1) is 24.8 Å². The van der Waals surface area contributed by atoms with Gasteiger partial charge in [0, 0.05) is 17.6 Å². The number of para-hydroxylation sites is 2. The molecule has 1 unspecified atom stereocenters. The maximum atomic E-state index is 14.1. The first kappa shape index (κ1) is 31.2. The summed E-state index contributed by atoms with van der Waals surface area (Å²) in [5.74, 6) is -0.0920. The van der Waals surface area contributed by atoms with E-state index in [-0.39, 0.29) is 34.8 Å². The maximum absolute atomic E-state index is 14.1. The number of methoxy groups -OCH3 is 2. The van der Waals surface area contributed by atoms with Crippen LogP contribution < -0.4 is 19.1 Å². The number of hydrogen-bond acceptors (Lipinski definition) is 6. The number of sulfonamides is 1. The van der Waals surface area contributed by atoms with Crippen molar-refractivity contribution in [1.82, 2.24) is 10.2 Å². The molecule has 9 nitrogen and oxygen atoms in total. The van der Waals surface area contributed by atoms with E-state index in [1.165, 1.54) is 43.4 Å². The zero-order valence-corrected chi connectivity index (χ0v) is 25.5. The summed E-state index contributed by atoms with van der Waals surface area (Å²) < 4.78 is 39.8. The van der Waals surface area contributed by atoms with Gasteiger partial charge in [-0.3, -0.25) is 13.9 Å². The number of carbonyl (C=O) groups is 2. The highest BCUT2D eigenvalue weighted by Crippen LogP contribution is 2.33. The lowest BCUT2D eigenvalue weighted by molar-refractivity contribution is -0.139. The maximum Gasteiger partial charge on any atom is 0.264 e. The number of rotatable bonds is 12. The van der Waals surface area contributed by atoms with E-state index in [2.05, 4.69) is 5.32 Å². The van der Waals surface area contributed by atoms with Crippen LogP contribution in [-0.2, 0) is 26.2 Å². The zero-order chi connectivity index (χ0) is 30.3. The van der Waals surface area contributed by atoms with E-state index in [9.17, 15) is 18.0 Å². The Kier molecular flexibility index (Phi) is 10.3. The molecule has 1 aliphatic rings. The molecule has 42 heavy (non-hydrogen) atoms. The van der Waals surface area contributed by atoms with Crippen LogP contribution in [0.25, 0.3) is 0 Å². The summed E-state index contributed by atoms with van der Waals surface area (Å²) in [5.41, 5.74) is 0.896. The van der Waals surface area contributed by atoms with Crippen molar-refractivity contribution >= 4 is 39.1 Å². The van der Waals surface area contributed by atoms with Crippen LogP contribution in [0.15, 0.2) is 77.7 Å². The van der Waals surface area contributed by atoms with Crippen molar-refractivity contribution in [2.24, 2.45) is 0 Å². The van der Waals surface area contributed by atoms with Crippen molar-refractivity contribution in [2.45, 2.75) is 56.1 Å². The van der Waals surface area contributed by atoms with Crippen molar-refractivity contribution < 1.29 is 27.5 Å². The van der Waals surface area contributed by atoms with Crippen LogP contribution in [0.3, 0.4) is 0 Å². The molecule has 1 N–H and O–H groups in total. The molecule has 3 aromatic rings. The third-order valence-corrected chi connectivity index (χ3v) is 9.40. The Balaban J connectivity index is 1.72. The van der Waals surface area contributed by atoms with Crippen LogP contribution in [0.1, 0.15) is 38.2 Å². The SMILES string of the molecule is COc1ccc(S(=O)(=O)N(CC(=O)N(Cc2cccc(Cl)c2)C(C)C(=O)NC2CCCC2)c2ccccc2OC)cc1. The van der Waals surface area contributed by atoms with Crippen molar-refractivity contribution in [3.05, 3.63) is 83.4 Å². The second-order valence-electron chi connectivity index (χ2n) is 10.2. The molecule has 0 bridgehead atoms. The van der Waals surface area contributed by atoms with Crippen LogP contribution in [0.4, 0.5) is 5.69 Å². The number of anilines is 1. The number of amides is 2. The second kappa shape index (κ2) is 13.9. The third-order valence-electron chi connectivity index (χ3n) is 7.39. The second-order valence-corrected chi connectivity index (χ2v) is 12.5. The van der Waals surface area contributed by atoms with E-state index >= 15 is 0 Å². The number of halogens is 1. The number of nitrogens with zero attached hydrogens (tertiary/aromatic N) is 2. The summed E-state index contributed by atoms with van der Waals surface area (Å²) in [4.78, 5) is 28.8. The van der Waals surface area contributed by atoms with E-state index in [0.717, 1.165) is 30.0 Å². The first-order valence-electron chi connectivity index (χ1n) is 13.8. The molecule has 224 valence electrons. The number of nitrogens with one attached hydrogen (secondary N) is 1. The number of hydrogen-bond donors (Lipinski definition) is 1. The molecule has 4 rings (SSSR count). The van der Waals surface area contributed by atoms with Crippen LogP contribution in [0.2, 0.25) is 5.02 Å². The molecule has 2 amide bonds. The molecule has 11 heteroatoms. The first-order valence-corrected chi connectivity index (χ1v) is 15.6. The van der Waals surface area contributed by atoms with Crippen molar-refractivity contribution in [2.75, 3.05) is 25.1 Å². The Bertz CT molecular complexity index is 1490. The summed E-state index contributed by atoms with van der Waals surface area (Å²) in [6.45, 7) is 1.13.